The van der Waals surface area contributed by atoms with Gasteiger partial charge in [-0.1, -0.05) is 42.8 Å². The lowest BCUT2D eigenvalue weighted by molar-refractivity contribution is 0.239. The Bertz CT molecular complexity index is 391. The number of hydrogen-bond donors (Lipinski definition) is 1. The van der Waals surface area contributed by atoms with E-state index in [9.17, 15) is 0 Å². The average Bonchev–Trinajstić information content (AvgIpc) is 2.44. The summed E-state index contributed by atoms with van der Waals surface area (Å²) in [5.41, 5.74) is 8.18. The number of nitrogens with zero attached hydrogens (tertiary/aromatic N) is 2. The third kappa shape index (κ3) is 5.81. The summed E-state index contributed by atoms with van der Waals surface area (Å²) >= 11 is 3.45. The monoisotopic (exact) mass is 341 g/mol. The molecule has 0 spiro atoms. The molecular formula is C16H28BrN3. The first-order valence-electron chi connectivity index (χ1n) is 7.59. The fourth-order valence-electron chi connectivity index (χ4n) is 2.36. The predicted octanol–water partition coefficient (Wildman–Crippen LogP) is 3.59. The van der Waals surface area contributed by atoms with Crippen molar-refractivity contribution in [3.05, 3.63) is 28.2 Å². The second-order valence-electron chi connectivity index (χ2n) is 5.09. The van der Waals surface area contributed by atoms with Crippen LogP contribution in [0.1, 0.15) is 32.8 Å². The van der Waals surface area contributed by atoms with Crippen molar-refractivity contribution >= 4 is 21.6 Å². The van der Waals surface area contributed by atoms with Crippen LogP contribution in [0.5, 0.6) is 0 Å². The minimum absolute atomic E-state index is 0.876. The molecule has 0 saturated heterocycles. The van der Waals surface area contributed by atoms with Gasteiger partial charge in [0.15, 0.2) is 0 Å². The van der Waals surface area contributed by atoms with Crippen molar-refractivity contribution in [3.8, 4) is 0 Å². The lowest BCUT2D eigenvalue weighted by atomic mass is 10.1. The van der Waals surface area contributed by atoms with Crippen LogP contribution in [0.4, 0.5) is 5.69 Å². The molecule has 0 aliphatic heterocycles. The normalized spacial score (nSPS) is 11.5. The first-order valence-corrected chi connectivity index (χ1v) is 8.38. The molecule has 0 fully saturated rings. The highest BCUT2D eigenvalue weighted by atomic mass is 79.9. The minimum atomic E-state index is 0.876. The molecular weight excluding hydrogens is 314 g/mol. The second-order valence-corrected chi connectivity index (χ2v) is 6.01. The SMILES string of the molecule is CCN(CC)CCCN(CC)Cc1ccc(Br)cc1N. The Morgan fingerprint density at radius 3 is 2.15 bits per heavy atom. The Kier molecular flexibility index (Phi) is 8.19. The molecule has 2 N–H and O–H groups in total. The van der Waals surface area contributed by atoms with E-state index in [0.717, 1.165) is 42.9 Å². The van der Waals surface area contributed by atoms with Gasteiger partial charge in [0.2, 0.25) is 0 Å². The van der Waals surface area contributed by atoms with E-state index in [-0.39, 0.29) is 0 Å². The highest BCUT2D eigenvalue weighted by Gasteiger charge is 2.07. The van der Waals surface area contributed by atoms with Crippen LogP contribution >= 0.6 is 15.9 Å². The van der Waals surface area contributed by atoms with E-state index in [2.05, 4.69) is 58.6 Å². The van der Waals surface area contributed by atoms with E-state index in [1.165, 1.54) is 18.5 Å². The third-order valence-corrected chi connectivity index (χ3v) is 4.29. The quantitative estimate of drug-likeness (QED) is 0.696. The van der Waals surface area contributed by atoms with E-state index >= 15 is 0 Å². The molecule has 1 rings (SSSR count). The van der Waals surface area contributed by atoms with E-state index in [4.69, 9.17) is 5.73 Å². The van der Waals surface area contributed by atoms with Crippen LogP contribution in [0.25, 0.3) is 0 Å². The summed E-state index contributed by atoms with van der Waals surface area (Å²) in [7, 11) is 0. The number of anilines is 1. The van der Waals surface area contributed by atoms with Crippen LogP contribution in [-0.2, 0) is 6.54 Å². The van der Waals surface area contributed by atoms with Crippen molar-refractivity contribution in [1.82, 2.24) is 9.80 Å². The van der Waals surface area contributed by atoms with Gasteiger partial charge in [-0.25, -0.2) is 0 Å². The molecule has 1 aromatic carbocycles. The number of nitrogen functional groups attached to an aromatic ring is 1. The zero-order chi connectivity index (χ0) is 15.0. The van der Waals surface area contributed by atoms with E-state index < -0.39 is 0 Å². The van der Waals surface area contributed by atoms with Crippen molar-refractivity contribution in [3.63, 3.8) is 0 Å². The van der Waals surface area contributed by atoms with E-state index in [1.807, 2.05) is 6.07 Å². The van der Waals surface area contributed by atoms with Gasteiger partial charge >= 0.3 is 0 Å². The zero-order valence-electron chi connectivity index (χ0n) is 13.0. The molecule has 0 amide bonds. The molecule has 3 nitrogen and oxygen atoms in total. The molecule has 0 bridgehead atoms. The number of nitrogens with two attached hydrogens (primary N) is 1. The van der Waals surface area contributed by atoms with Crippen molar-refractivity contribution in [2.75, 3.05) is 38.5 Å². The first-order chi connectivity index (χ1) is 9.60. The topological polar surface area (TPSA) is 32.5 Å². The third-order valence-electron chi connectivity index (χ3n) is 3.79. The van der Waals surface area contributed by atoms with Crippen LogP contribution in [0.15, 0.2) is 22.7 Å². The van der Waals surface area contributed by atoms with Gasteiger partial charge in [-0.2, -0.15) is 0 Å². The number of hydrogen-bond acceptors (Lipinski definition) is 3. The van der Waals surface area contributed by atoms with Crippen LogP contribution in [0, 0.1) is 0 Å². The maximum absolute atomic E-state index is 6.08. The van der Waals surface area contributed by atoms with Gasteiger partial charge < -0.3 is 10.6 Å². The highest BCUT2D eigenvalue weighted by Crippen LogP contribution is 2.20. The average molecular weight is 342 g/mol. The van der Waals surface area contributed by atoms with E-state index in [1.54, 1.807) is 0 Å². The molecule has 0 atom stereocenters. The number of rotatable bonds is 9. The lowest BCUT2D eigenvalue weighted by Crippen LogP contribution is -2.30. The van der Waals surface area contributed by atoms with Crippen LogP contribution in [0.2, 0.25) is 0 Å². The number of benzene rings is 1. The Hall–Kier alpha value is -0.580. The molecule has 0 aliphatic carbocycles. The van der Waals surface area contributed by atoms with E-state index in [0.29, 0.717) is 0 Å². The lowest BCUT2D eigenvalue weighted by Gasteiger charge is -2.24. The van der Waals surface area contributed by atoms with Crippen LogP contribution in [-0.4, -0.2) is 42.5 Å². The molecule has 114 valence electrons. The van der Waals surface area contributed by atoms with Gasteiger partial charge in [-0.05, 0) is 56.8 Å². The zero-order valence-corrected chi connectivity index (χ0v) is 14.6. The van der Waals surface area contributed by atoms with Gasteiger partial charge in [0.1, 0.15) is 0 Å². The van der Waals surface area contributed by atoms with Gasteiger partial charge in [0, 0.05) is 16.7 Å². The molecule has 0 aliphatic rings. The maximum atomic E-state index is 6.08. The molecule has 1 aromatic rings. The summed E-state index contributed by atoms with van der Waals surface area (Å²) in [5, 5.41) is 0. The van der Waals surface area contributed by atoms with Crippen molar-refractivity contribution < 1.29 is 0 Å². The summed E-state index contributed by atoms with van der Waals surface area (Å²) in [6, 6.07) is 6.17. The molecule has 0 radical (unpaired) electrons. The maximum Gasteiger partial charge on any atom is 0.0371 e. The largest absolute Gasteiger partial charge is 0.398 e. The van der Waals surface area contributed by atoms with Crippen LogP contribution < -0.4 is 5.73 Å². The smallest absolute Gasteiger partial charge is 0.0371 e. The van der Waals surface area contributed by atoms with Crippen molar-refractivity contribution in [1.29, 1.82) is 0 Å². The molecule has 20 heavy (non-hydrogen) atoms. The van der Waals surface area contributed by atoms with Gasteiger partial charge in [-0.15, -0.1) is 0 Å². The second kappa shape index (κ2) is 9.37. The summed E-state index contributed by atoms with van der Waals surface area (Å²) in [6.07, 6.45) is 1.21. The van der Waals surface area contributed by atoms with Crippen LogP contribution in [0.3, 0.4) is 0 Å². The molecule has 4 heteroatoms. The summed E-state index contributed by atoms with van der Waals surface area (Å²) in [6.45, 7) is 13.3. The molecule has 0 unspecified atom stereocenters. The summed E-state index contributed by atoms with van der Waals surface area (Å²) in [4.78, 5) is 4.94. The fraction of sp³-hybridized carbons (Fsp3) is 0.625. The van der Waals surface area contributed by atoms with Gasteiger partial charge in [-0.3, -0.25) is 4.90 Å². The Labute approximate surface area is 132 Å². The Morgan fingerprint density at radius 1 is 1.00 bits per heavy atom. The summed E-state index contributed by atoms with van der Waals surface area (Å²) in [5.74, 6) is 0. The molecule has 0 heterocycles. The number of halogens is 1. The van der Waals surface area contributed by atoms with Gasteiger partial charge in [0.05, 0.1) is 0 Å². The van der Waals surface area contributed by atoms with Crippen molar-refractivity contribution in [2.45, 2.75) is 33.7 Å². The highest BCUT2D eigenvalue weighted by molar-refractivity contribution is 9.10. The predicted molar refractivity (Wildman–Crippen MR) is 91.9 cm³/mol. The van der Waals surface area contributed by atoms with Crippen molar-refractivity contribution in [2.24, 2.45) is 0 Å². The Balaban J connectivity index is 2.46. The fourth-order valence-corrected chi connectivity index (χ4v) is 2.74. The molecule has 0 saturated carbocycles. The Morgan fingerprint density at radius 2 is 1.60 bits per heavy atom. The molecule has 0 aromatic heterocycles. The summed E-state index contributed by atoms with van der Waals surface area (Å²) < 4.78 is 1.04. The van der Waals surface area contributed by atoms with Gasteiger partial charge in [0.25, 0.3) is 0 Å². The minimum Gasteiger partial charge on any atom is -0.398 e. The standard InChI is InChI=1S/C16H28BrN3/c1-4-19(5-2)10-7-11-20(6-3)13-14-8-9-15(17)12-16(14)18/h8-9,12H,4-7,10-11,13,18H2,1-3H3. The first kappa shape index (κ1) is 17.5.